The molecule has 0 radical (unpaired) electrons. The molecule has 7 heteroatoms. The molecule has 0 bridgehead atoms. The fourth-order valence-electron chi connectivity index (χ4n) is 1.91. The Kier molecular flexibility index (Phi) is 6.80. The summed E-state index contributed by atoms with van der Waals surface area (Å²) in [6, 6.07) is 9.04. The van der Waals surface area contributed by atoms with Gasteiger partial charge in [-0.2, -0.15) is 17.4 Å². The molecule has 0 aromatic heterocycles. The molecule has 0 aliphatic heterocycles. The number of carboxylic acid groups (broad SMARTS) is 1. The molecule has 0 saturated carbocycles. The molecular weight excluding hydrogens is 292 g/mol. The van der Waals surface area contributed by atoms with Gasteiger partial charge in [0.05, 0.1) is 6.42 Å². The average Bonchev–Trinajstić information content (AvgIpc) is 2.45. The molecule has 0 aliphatic rings. The molecule has 1 aromatic rings. The summed E-state index contributed by atoms with van der Waals surface area (Å²) in [7, 11) is -2.33. The zero-order valence-corrected chi connectivity index (χ0v) is 13.1. The van der Waals surface area contributed by atoms with Crippen LogP contribution >= 0.6 is 0 Å². The molecular formula is C14H22N2O4S. The Hall–Kier alpha value is -1.44. The standard InChI is InChI=1S/C14H22N2O4S/c1-3-7-13(12-8-5-4-6-9-12)15-21(19,20)16(2)11-10-14(17)18/h4-6,8-9,13,15H,3,7,10-11H2,1-2H3,(H,17,18). The molecule has 1 unspecified atom stereocenters. The molecule has 1 rings (SSSR count). The van der Waals surface area contributed by atoms with Crippen molar-refractivity contribution in [3.05, 3.63) is 35.9 Å². The van der Waals surface area contributed by atoms with Gasteiger partial charge in [-0.1, -0.05) is 43.7 Å². The number of hydrogen-bond acceptors (Lipinski definition) is 3. The van der Waals surface area contributed by atoms with Gasteiger partial charge in [0.2, 0.25) is 0 Å². The van der Waals surface area contributed by atoms with Gasteiger partial charge in [0.25, 0.3) is 10.2 Å². The van der Waals surface area contributed by atoms with E-state index >= 15 is 0 Å². The quantitative estimate of drug-likeness (QED) is 0.727. The van der Waals surface area contributed by atoms with Crippen molar-refractivity contribution in [3.8, 4) is 0 Å². The van der Waals surface area contributed by atoms with Crippen LogP contribution < -0.4 is 4.72 Å². The topological polar surface area (TPSA) is 86.7 Å². The van der Waals surface area contributed by atoms with Crippen LogP contribution in [-0.2, 0) is 15.0 Å². The van der Waals surface area contributed by atoms with Crippen LogP contribution in [0.4, 0.5) is 0 Å². The summed E-state index contributed by atoms with van der Waals surface area (Å²) in [4.78, 5) is 10.5. The van der Waals surface area contributed by atoms with Crippen molar-refractivity contribution in [2.45, 2.75) is 32.2 Å². The minimum Gasteiger partial charge on any atom is -0.481 e. The molecule has 0 heterocycles. The Morgan fingerprint density at radius 3 is 2.48 bits per heavy atom. The second-order valence-electron chi connectivity index (χ2n) is 4.84. The molecule has 0 aliphatic carbocycles. The lowest BCUT2D eigenvalue weighted by Gasteiger charge is -2.23. The van der Waals surface area contributed by atoms with Gasteiger partial charge < -0.3 is 5.11 Å². The number of nitrogens with one attached hydrogen (secondary N) is 1. The Morgan fingerprint density at radius 2 is 1.95 bits per heavy atom. The zero-order valence-electron chi connectivity index (χ0n) is 12.3. The van der Waals surface area contributed by atoms with Crippen LogP contribution in [0, 0.1) is 0 Å². The lowest BCUT2D eigenvalue weighted by molar-refractivity contribution is -0.137. The maximum absolute atomic E-state index is 12.2. The van der Waals surface area contributed by atoms with Crippen LogP contribution in [0.5, 0.6) is 0 Å². The number of hydrogen-bond donors (Lipinski definition) is 2. The first-order valence-corrected chi connectivity index (χ1v) is 8.31. The summed E-state index contributed by atoms with van der Waals surface area (Å²) in [6.07, 6.45) is 1.29. The van der Waals surface area contributed by atoms with Gasteiger partial charge in [0, 0.05) is 19.6 Å². The van der Waals surface area contributed by atoms with Crippen molar-refractivity contribution in [1.29, 1.82) is 0 Å². The van der Waals surface area contributed by atoms with E-state index in [1.807, 2.05) is 37.3 Å². The van der Waals surface area contributed by atoms with Crippen molar-refractivity contribution in [2.24, 2.45) is 0 Å². The fourth-order valence-corrected chi connectivity index (χ4v) is 3.04. The summed E-state index contributed by atoms with van der Waals surface area (Å²) in [5.74, 6) is -1.02. The summed E-state index contributed by atoms with van der Waals surface area (Å²) in [6.45, 7) is 1.93. The van der Waals surface area contributed by atoms with Gasteiger partial charge in [-0.25, -0.2) is 0 Å². The van der Waals surface area contributed by atoms with Gasteiger partial charge in [-0.3, -0.25) is 4.79 Å². The van der Waals surface area contributed by atoms with E-state index in [0.717, 1.165) is 16.3 Å². The first kappa shape index (κ1) is 17.6. The van der Waals surface area contributed by atoms with E-state index in [2.05, 4.69) is 4.72 Å². The highest BCUT2D eigenvalue weighted by molar-refractivity contribution is 7.87. The Labute approximate surface area is 126 Å². The van der Waals surface area contributed by atoms with Crippen LogP contribution in [0.3, 0.4) is 0 Å². The van der Waals surface area contributed by atoms with E-state index in [4.69, 9.17) is 5.11 Å². The van der Waals surface area contributed by atoms with Gasteiger partial charge in [0.1, 0.15) is 0 Å². The van der Waals surface area contributed by atoms with Crippen molar-refractivity contribution >= 4 is 16.2 Å². The Balaban J connectivity index is 2.80. The van der Waals surface area contributed by atoms with Crippen LogP contribution in [0.1, 0.15) is 37.8 Å². The number of carboxylic acids is 1. The maximum Gasteiger partial charge on any atom is 0.304 e. The molecule has 2 N–H and O–H groups in total. The third-order valence-corrected chi connectivity index (χ3v) is 4.71. The first-order chi connectivity index (χ1) is 9.86. The second kappa shape index (κ2) is 8.11. The third kappa shape index (κ3) is 5.82. The van der Waals surface area contributed by atoms with Crippen LogP contribution in [0.25, 0.3) is 0 Å². The summed E-state index contributed by atoms with van der Waals surface area (Å²) in [5, 5.41) is 8.63. The van der Waals surface area contributed by atoms with E-state index in [1.54, 1.807) is 0 Å². The van der Waals surface area contributed by atoms with E-state index < -0.39 is 16.2 Å². The van der Waals surface area contributed by atoms with E-state index in [9.17, 15) is 13.2 Å². The summed E-state index contributed by atoms with van der Waals surface area (Å²) in [5.41, 5.74) is 0.898. The van der Waals surface area contributed by atoms with Gasteiger partial charge in [0.15, 0.2) is 0 Å². The van der Waals surface area contributed by atoms with Crippen LogP contribution in [0.2, 0.25) is 0 Å². The summed E-state index contributed by atoms with van der Waals surface area (Å²) < 4.78 is 28.1. The molecule has 0 saturated heterocycles. The number of rotatable bonds is 9. The van der Waals surface area contributed by atoms with Gasteiger partial charge >= 0.3 is 5.97 Å². The summed E-state index contributed by atoms with van der Waals surface area (Å²) >= 11 is 0. The SMILES string of the molecule is CCCC(NS(=O)(=O)N(C)CCC(=O)O)c1ccccc1. The molecule has 0 amide bonds. The van der Waals surface area contributed by atoms with Crippen molar-refractivity contribution in [1.82, 2.24) is 9.03 Å². The fraction of sp³-hybridized carbons (Fsp3) is 0.500. The smallest absolute Gasteiger partial charge is 0.304 e. The average molecular weight is 314 g/mol. The van der Waals surface area contributed by atoms with Crippen molar-refractivity contribution < 1.29 is 18.3 Å². The van der Waals surface area contributed by atoms with Crippen LogP contribution in [0.15, 0.2) is 30.3 Å². The van der Waals surface area contributed by atoms with Gasteiger partial charge in [-0.05, 0) is 12.0 Å². The number of aliphatic carboxylic acids is 1. The normalized spacial score (nSPS) is 13.3. The molecule has 118 valence electrons. The van der Waals surface area contributed by atoms with E-state index in [0.29, 0.717) is 6.42 Å². The molecule has 6 nitrogen and oxygen atoms in total. The van der Waals surface area contributed by atoms with E-state index in [-0.39, 0.29) is 19.0 Å². The Morgan fingerprint density at radius 1 is 1.33 bits per heavy atom. The highest BCUT2D eigenvalue weighted by Gasteiger charge is 2.23. The maximum atomic E-state index is 12.2. The largest absolute Gasteiger partial charge is 0.481 e. The predicted molar refractivity (Wildman–Crippen MR) is 81.0 cm³/mol. The monoisotopic (exact) mass is 314 g/mol. The molecule has 21 heavy (non-hydrogen) atoms. The lowest BCUT2D eigenvalue weighted by atomic mass is 10.0. The highest BCUT2D eigenvalue weighted by Crippen LogP contribution is 2.19. The Bertz CT molecular complexity index is 545. The minimum atomic E-state index is -3.71. The molecule has 1 atom stereocenters. The third-order valence-electron chi connectivity index (χ3n) is 3.12. The molecule has 0 fully saturated rings. The van der Waals surface area contributed by atoms with Crippen LogP contribution in [-0.4, -0.2) is 37.4 Å². The lowest BCUT2D eigenvalue weighted by Crippen LogP contribution is -2.41. The van der Waals surface area contributed by atoms with Crippen molar-refractivity contribution in [2.75, 3.05) is 13.6 Å². The second-order valence-corrected chi connectivity index (χ2v) is 6.65. The molecule has 1 aromatic carbocycles. The number of benzene rings is 1. The van der Waals surface area contributed by atoms with Crippen molar-refractivity contribution in [3.63, 3.8) is 0 Å². The minimum absolute atomic E-state index is 0.0572. The number of carbonyl (C=O) groups is 1. The highest BCUT2D eigenvalue weighted by atomic mass is 32.2. The number of nitrogens with zero attached hydrogens (tertiary/aromatic N) is 1. The zero-order chi connectivity index (χ0) is 15.9. The molecule has 0 spiro atoms. The van der Waals surface area contributed by atoms with Gasteiger partial charge in [-0.15, -0.1) is 0 Å². The predicted octanol–water partition coefficient (Wildman–Crippen LogP) is 1.77. The van der Waals surface area contributed by atoms with E-state index in [1.165, 1.54) is 7.05 Å². The first-order valence-electron chi connectivity index (χ1n) is 6.87.